The molecule has 0 aliphatic carbocycles. The Balaban J connectivity index is 1.88. The van der Waals surface area contributed by atoms with Crippen molar-refractivity contribution in [3.8, 4) is 6.07 Å². The lowest BCUT2D eigenvalue weighted by atomic mass is 10.1. The summed E-state index contributed by atoms with van der Waals surface area (Å²) in [7, 11) is 0. The molecular formula is C18H27N3O2. The standard InChI is InChI=1S/C18H27N3O2/c1-15(2)21(12-17-5-3-16(11-19)4-6-17)14-18(22)13-20-7-9-23-10-8-20/h3-6,15,18,22H,7-10,12-14H2,1-2H3. The molecule has 5 heteroatoms. The van der Waals surface area contributed by atoms with E-state index >= 15 is 0 Å². The summed E-state index contributed by atoms with van der Waals surface area (Å²) < 4.78 is 5.34. The third-order valence-corrected chi connectivity index (χ3v) is 4.22. The SMILES string of the molecule is CC(C)N(Cc1ccc(C#N)cc1)CC(O)CN1CCOCC1. The van der Waals surface area contributed by atoms with Gasteiger partial charge in [-0.2, -0.15) is 5.26 Å². The molecule has 1 atom stereocenters. The van der Waals surface area contributed by atoms with Gasteiger partial charge in [0.15, 0.2) is 0 Å². The maximum Gasteiger partial charge on any atom is 0.0991 e. The second kappa shape index (κ2) is 8.99. The van der Waals surface area contributed by atoms with Crippen LogP contribution in [0.15, 0.2) is 24.3 Å². The summed E-state index contributed by atoms with van der Waals surface area (Å²) >= 11 is 0. The van der Waals surface area contributed by atoms with E-state index in [0.29, 0.717) is 24.7 Å². The quantitative estimate of drug-likeness (QED) is 0.825. The first-order valence-corrected chi connectivity index (χ1v) is 8.29. The predicted octanol–water partition coefficient (Wildman–Crippen LogP) is 1.46. The number of ether oxygens (including phenoxy) is 1. The topological polar surface area (TPSA) is 59.7 Å². The van der Waals surface area contributed by atoms with E-state index in [1.165, 1.54) is 0 Å². The highest BCUT2D eigenvalue weighted by Crippen LogP contribution is 2.11. The Hall–Kier alpha value is -1.45. The smallest absolute Gasteiger partial charge is 0.0991 e. The Morgan fingerprint density at radius 1 is 1.26 bits per heavy atom. The lowest BCUT2D eigenvalue weighted by molar-refractivity contribution is 0.00345. The van der Waals surface area contributed by atoms with E-state index in [1.807, 2.05) is 24.3 Å². The fraction of sp³-hybridized carbons (Fsp3) is 0.611. The van der Waals surface area contributed by atoms with Crippen molar-refractivity contribution in [2.24, 2.45) is 0 Å². The Morgan fingerprint density at radius 3 is 2.48 bits per heavy atom. The molecule has 0 spiro atoms. The molecule has 5 nitrogen and oxygen atoms in total. The zero-order valence-corrected chi connectivity index (χ0v) is 14.1. The number of rotatable bonds is 7. The molecule has 1 unspecified atom stereocenters. The molecule has 1 fully saturated rings. The van der Waals surface area contributed by atoms with Crippen molar-refractivity contribution < 1.29 is 9.84 Å². The van der Waals surface area contributed by atoms with Crippen LogP contribution >= 0.6 is 0 Å². The summed E-state index contributed by atoms with van der Waals surface area (Å²) in [6.45, 7) is 9.72. The van der Waals surface area contributed by atoms with E-state index in [-0.39, 0.29) is 6.10 Å². The van der Waals surface area contributed by atoms with Gasteiger partial charge in [-0.3, -0.25) is 9.80 Å². The van der Waals surface area contributed by atoms with Crippen LogP contribution in [-0.2, 0) is 11.3 Å². The van der Waals surface area contributed by atoms with Crippen molar-refractivity contribution in [1.29, 1.82) is 5.26 Å². The van der Waals surface area contributed by atoms with Crippen LogP contribution in [0.1, 0.15) is 25.0 Å². The van der Waals surface area contributed by atoms with Gasteiger partial charge in [-0.25, -0.2) is 0 Å². The lowest BCUT2D eigenvalue weighted by Gasteiger charge is -2.32. The first kappa shape index (κ1) is 17.9. The van der Waals surface area contributed by atoms with Gasteiger partial charge < -0.3 is 9.84 Å². The van der Waals surface area contributed by atoms with E-state index < -0.39 is 0 Å². The van der Waals surface area contributed by atoms with E-state index in [4.69, 9.17) is 10.00 Å². The maximum atomic E-state index is 10.4. The van der Waals surface area contributed by atoms with Crippen molar-refractivity contribution in [2.75, 3.05) is 39.4 Å². The van der Waals surface area contributed by atoms with Gasteiger partial charge in [0.1, 0.15) is 0 Å². The van der Waals surface area contributed by atoms with Gasteiger partial charge in [0, 0.05) is 38.8 Å². The van der Waals surface area contributed by atoms with Gasteiger partial charge in [0.25, 0.3) is 0 Å². The van der Waals surface area contributed by atoms with Crippen LogP contribution in [-0.4, -0.2) is 66.4 Å². The molecule has 1 aliphatic heterocycles. The molecule has 1 aromatic carbocycles. The Kier molecular flexibility index (Phi) is 7.00. The van der Waals surface area contributed by atoms with Gasteiger partial charge in [-0.05, 0) is 31.5 Å². The fourth-order valence-electron chi connectivity index (χ4n) is 2.79. The number of aliphatic hydroxyl groups excluding tert-OH is 1. The molecule has 1 saturated heterocycles. The second-order valence-electron chi connectivity index (χ2n) is 6.40. The molecule has 1 aromatic rings. The van der Waals surface area contributed by atoms with Crippen molar-refractivity contribution in [1.82, 2.24) is 9.80 Å². The van der Waals surface area contributed by atoms with Crippen molar-refractivity contribution >= 4 is 0 Å². The molecule has 126 valence electrons. The van der Waals surface area contributed by atoms with Crippen molar-refractivity contribution in [3.05, 3.63) is 35.4 Å². The molecule has 1 heterocycles. The van der Waals surface area contributed by atoms with Crippen molar-refractivity contribution in [3.63, 3.8) is 0 Å². The monoisotopic (exact) mass is 317 g/mol. The molecule has 0 amide bonds. The minimum absolute atomic E-state index is 0.352. The van der Waals surface area contributed by atoms with Gasteiger partial charge in [-0.1, -0.05) is 12.1 Å². The van der Waals surface area contributed by atoms with Crippen LogP contribution in [0.4, 0.5) is 0 Å². The Bertz CT molecular complexity index is 504. The third-order valence-electron chi connectivity index (χ3n) is 4.22. The molecule has 0 aromatic heterocycles. The highest BCUT2D eigenvalue weighted by atomic mass is 16.5. The summed E-state index contributed by atoms with van der Waals surface area (Å²) in [6.07, 6.45) is -0.367. The summed E-state index contributed by atoms with van der Waals surface area (Å²) in [5.74, 6) is 0. The highest BCUT2D eigenvalue weighted by molar-refractivity contribution is 5.31. The van der Waals surface area contributed by atoms with Crippen LogP contribution < -0.4 is 0 Å². The Morgan fingerprint density at radius 2 is 1.91 bits per heavy atom. The highest BCUT2D eigenvalue weighted by Gasteiger charge is 2.19. The van der Waals surface area contributed by atoms with E-state index in [9.17, 15) is 5.11 Å². The maximum absolute atomic E-state index is 10.4. The number of aliphatic hydroxyl groups is 1. The summed E-state index contributed by atoms with van der Waals surface area (Å²) in [6, 6.07) is 10.2. The van der Waals surface area contributed by atoms with Crippen LogP contribution in [0.3, 0.4) is 0 Å². The molecule has 1 N–H and O–H groups in total. The first-order chi connectivity index (χ1) is 11.1. The molecule has 0 radical (unpaired) electrons. The number of hydrogen-bond donors (Lipinski definition) is 1. The molecule has 2 rings (SSSR count). The summed E-state index contributed by atoms with van der Waals surface area (Å²) in [5.41, 5.74) is 1.84. The largest absolute Gasteiger partial charge is 0.390 e. The fourth-order valence-corrected chi connectivity index (χ4v) is 2.79. The van der Waals surface area contributed by atoms with E-state index in [2.05, 4.69) is 29.7 Å². The third kappa shape index (κ3) is 5.92. The molecule has 1 aliphatic rings. The lowest BCUT2D eigenvalue weighted by Crippen LogP contribution is -2.45. The molecular weight excluding hydrogens is 290 g/mol. The zero-order valence-electron chi connectivity index (χ0n) is 14.1. The van der Waals surface area contributed by atoms with Gasteiger partial charge in [0.05, 0.1) is 31.0 Å². The second-order valence-corrected chi connectivity index (χ2v) is 6.40. The average molecular weight is 317 g/mol. The van der Waals surface area contributed by atoms with Gasteiger partial charge >= 0.3 is 0 Å². The average Bonchev–Trinajstić information content (AvgIpc) is 2.55. The first-order valence-electron chi connectivity index (χ1n) is 8.29. The predicted molar refractivity (Wildman–Crippen MR) is 90.0 cm³/mol. The number of benzene rings is 1. The minimum Gasteiger partial charge on any atom is -0.390 e. The molecule has 0 saturated carbocycles. The van der Waals surface area contributed by atoms with E-state index in [0.717, 1.165) is 38.4 Å². The summed E-state index contributed by atoms with van der Waals surface area (Å²) in [5, 5.41) is 19.3. The van der Waals surface area contributed by atoms with Crippen LogP contribution in [0, 0.1) is 11.3 Å². The minimum atomic E-state index is -0.367. The number of nitrogens with zero attached hydrogens (tertiary/aromatic N) is 3. The number of morpholine rings is 1. The van der Waals surface area contributed by atoms with Crippen LogP contribution in [0.25, 0.3) is 0 Å². The van der Waals surface area contributed by atoms with Crippen molar-refractivity contribution in [2.45, 2.75) is 32.5 Å². The number of β-amino-alcohol motifs (C(OH)–C–C–N with tert-alkyl or cyclic N) is 1. The van der Waals surface area contributed by atoms with Gasteiger partial charge in [0.2, 0.25) is 0 Å². The zero-order chi connectivity index (χ0) is 16.7. The Labute approximate surface area is 139 Å². The normalized spacial score (nSPS) is 17.4. The van der Waals surface area contributed by atoms with E-state index in [1.54, 1.807) is 0 Å². The van der Waals surface area contributed by atoms with Crippen LogP contribution in [0.2, 0.25) is 0 Å². The molecule has 0 bridgehead atoms. The number of hydrogen-bond acceptors (Lipinski definition) is 5. The summed E-state index contributed by atoms with van der Waals surface area (Å²) in [4.78, 5) is 4.53. The van der Waals surface area contributed by atoms with Gasteiger partial charge in [-0.15, -0.1) is 0 Å². The van der Waals surface area contributed by atoms with Crippen LogP contribution in [0.5, 0.6) is 0 Å². The number of nitriles is 1. The molecule has 23 heavy (non-hydrogen) atoms.